The Labute approximate surface area is 128 Å². The van der Waals surface area contributed by atoms with Crippen LogP contribution in [0.3, 0.4) is 0 Å². The summed E-state index contributed by atoms with van der Waals surface area (Å²) in [5, 5.41) is 3.24. The van der Waals surface area contributed by atoms with Gasteiger partial charge >= 0.3 is 5.97 Å². The molecule has 1 rings (SSSR count). The number of anilines is 2. The number of hydrogen-bond acceptors (Lipinski definition) is 5. The van der Waals surface area contributed by atoms with Gasteiger partial charge in [-0.3, -0.25) is 4.79 Å². The molecule has 1 aromatic heterocycles. The first-order valence-corrected chi connectivity index (χ1v) is 7.72. The van der Waals surface area contributed by atoms with E-state index in [1.54, 1.807) is 6.92 Å². The standard InChI is InChI=1S/C14H23N3O2.C2H6/c1-4-6-11(9-13(18)19-5-2)17-14-12(15)8-7-10(3)16-14;1-2/h7-8,11H,4-6,9,15H2,1-3H3,(H,16,17);1-2H3. The number of aromatic nitrogens is 1. The summed E-state index contributed by atoms with van der Waals surface area (Å²) >= 11 is 0. The summed E-state index contributed by atoms with van der Waals surface area (Å²) < 4.78 is 4.98. The van der Waals surface area contributed by atoms with Crippen molar-refractivity contribution in [1.29, 1.82) is 0 Å². The van der Waals surface area contributed by atoms with Crippen molar-refractivity contribution < 1.29 is 9.53 Å². The van der Waals surface area contributed by atoms with Crippen LogP contribution in [0.4, 0.5) is 11.5 Å². The normalized spacial score (nSPS) is 11.1. The maximum Gasteiger partial charge on any atom is 0.307 e. The van der Waals surface area contributed by atoms with Crippen molar-refractivity contribution in [2.24, 2.45) is 0 Å². The molecule has 0 aliphatic rings. The second kappa shape index (κ2) is 10.9. The first kappa shape index (κ1) is 19.2. The summed E-state index contributed by atoms with van der Waals surface area (Å²) in [6.45, 7) is 10.2. The smallest absolute Gasteiger partial charge is 0.307 e. The Bertz CT molecular complexity index is 422. The minimum absolute atomic E-state index is 0.000602. The minimum Gasteiger partial charge on any atom is -0.466 e. The fraction of sp³-hybridized carbons (Fsp3) is 0.625. The van der Waals surface area contributed by atoms with Crippen LogP contribution in [0, 0.1) is 6.92 Å². The first-order chi connectivity index (χ1) is 10.1. The van der Waals surface area contributed by atoms with Gasteiger partial charge in [-0.15, -0.1) is 0 Å². The van der Waals surface area contributed by atoms with Gasteiger partial charge in [-0.05, 0) is 32.4 Å². The van der Waals surface area contributed by atoms with Gasteiger partial charge in [-0.2, -0.15) is 0 Å². The summed E-state index contributed by atoms with van der Waals surface area (Å²) in [4.78, 5) is 15.9. The van der Waals surface area contributed by atoms with Crippen LogP contribution in [0.2, 0.25) is 0 Å². The van der Waals surface area contributed by atoms with E-state index in [4.69, 9.17) is 10.5 Å². The third kappa shape index (κ3) is 7.54. The van der Waals surface area contributed by atoms with Crippen LogP contribution in [0.5, 0.6) is 0 Å². The van der Waals surface area contributed by atoms with Crippen LogP contribution in [-0.4, -0.2) is 23.6 Å². The van der Waals surface area contributed by atoms with Gasteiger partial charge < -0.3 is 15.8 Å². The molecule has 1 aromatic rings. The lowest BCUT2D eigenvalue weighted by Gasteiger charge is -2.19. The van der Waals surface area contributed by atoms with E-state index >= 15 is 0 Å². The number of nitrogens with two attached hydrogens (primary N) is 1. The summed E-state index contributed by atoms with van der Waals surface area (Å²) in [5.74, 6) is 0.447. The monoisotopic (exact) mass is 295 g/mol. The van der Waals surface area contributed by atoms with Crippen LogP contribution in [-0.2, 0) is 9.53 Å². The van der Waals surface area contributed by atoms with Crippen LogP contribution >= 0.6 is 0 Å². The van der Waals surface area contributed by atoms with E-state index < -0.39 is 0 Å². The molecule has 0 aromatic carbocycles. The van der Waals surface area contributed by atoms with Gasteiger partial charge in [0.15, 0.2) is 0 Å². The largest absolute Gasteiger partial charge is 0.466 e. The van der Waals surface area contributed by atoms with E-state index in [1.807, 2.05) is 32.9 Å². The van der Waals surface area contributed by atoms with Gasteiger partial charge in [0.1, 0.15) is 5.82 Å². The molecule has 0 aliphatic heterocycles. The average molecular weight is 295 g/mol. The van der Waals surface area contributed by atoms with Crippen LogP contribution < -0.4 is 11.1 Å². The molecule has 0 amide bonds. The zero-order valence-corrected chi connectivity index (χ0v) is 13.9. The van der Waals surface area contributed by atoms with Crippen LogP contribution in [0.15, 0.2) is 12.1 Å². The molecule has 1 heterocycles. The van der Waals surface area contributed by atoms with Crippen molar-refractivity contribution in [3.8, 4) is 0 Å². The topological polar surface area (TPSA) is 77.2 Å². The highest BCUT2D eigenvalue weighted by molar-refractivity contribution is 5.71. The molecule has 0 fully saturated rings. The molecule has 0 aliphatic carbocycles. The highest BCUT2D eigenvalue weighted by Gasteiger charge is 2.15. The molecule has 0 bridgehead atoms. The summed E-state index contributed by atoms with van der Waals surface area (Å²) in [6, 6.07) is 3.68. The lowest BCUT2D eigenvalue weighted by atomic mass is 10.1. The molecule has 0 saturated carbocycles. The van der Waals surface area contributed by atoms with E-state index in [2.05, 4.69) is 17.2 Å². The molecule has 3 N–H and O–H groups in total. The number of carbonyl (C=O) groups is 1. The second-order valence-corrected chi connectivity index (χ2v) is 4.53. The van der Waals surface area contributed by atoms with Gasteiger partial charge in [-0.25, -0.2) is 4.98 Å². The number of nitrogens with one attached hydrogen (secondary N) is 1. The molecule has 0 spiro atoms. The number of ether oxygens (including phenoxy) is 1. The molecule has 21 heavy (non-hydrogen) atoms. The Hall–Kier alpha value is -1.78. The Morgan fingerprint density at radius 2 is 2.05 bits per heavy atom. The van der Waals surface area contributed by atoms with E-state index in [9.17, 15) is 4.79 Å². The SMILES string of the molecule is CC.CCCC(CC(=O)OCC)Nc1nc(C)ccc1N. The molecule has 1 unspecified atom stereocenters. The van der Waals surface area contributed by atoms with Crippen molar-refractivity contribution in [3.63, 3.8) is 0 Å². The number of esters is 1. The van der Waals surface area contributed by atoms with Gasteiger partial charge in [0.25, 0.3) is 0 Å². The Morgan fingerprint density at radius 1 is 1.38 bits per heavy atom. The number of pyridine rings is 1. The maximum absolute atomic E-state index is 11.6. The van der Waals surface area contributed by atoms with E-state index in [0.29, 0.717) is 24.5 Å². The minimum atomic E-state index is -0.195. The van der Waals surface area contributed by atoms with Crippen molar-refractivity contribution in [2.45, 2.75) is 59.9 Å². The number of aryl methyl sites for hydroxylation is 1. The van der Waals surface area contributed by atoms with Gasteiger partial charge in [-0.1, -0.05) is 27.2 Å². The number of hydrogen-bond donors (Lipinski definition) is 2. The number of carbonyl (C=O) groups excluding carboxylic acids is 1. The number of nitrogens with zero attached hydrogens (tertiary/aromatic N) is 1. The first-order valence-electron chi connectivity index (χ1n) is 7.72. The fourth-order valence-corrected chi connectivity index (χ4v) is 1.87. The lowest BCUT2D eigenvalue weighted by Crippen LogP contribution is -2.25. The Balaban J connectivity index is 0.00000191. The molecule has 120 valence electrons. The molecule has 5 heteroatoms. The highest BCUT2D eigenvalue weighted by Crippen LogP contribution is 2.19. The lowest BCUT2D eigenvalue weighted by molar-refractivity contribution is -0.143. The molecular weight excluding hydrogens is 266 g/mol. The zero-order valence-electron chi connectivity index (χ0n) is 13.9. The van der Waals surface area contributed by atoms with Crippen LogP contribution in [0.1, 0.15) is 52.7 Å². The van der Waals surface area contributed by atoms with Gasteiger partial charge in [0.05, 0.1) is 18.7 Å². The predicted octanol–water partition coefficient (Wildman–Crippen LogP) is 3.53. The predicted molar refractivity (Wildman–Crippen MR) is 88.3 cm³/mol. The third-order valence-corrected chi connectivity index (χ3v) is 2.76. The fourth-order valence-electron chi connectivity index (χ4n) is 1.87. The molecule has 1 atom stereocenters. The summed E-state index contributed by atoms with van der Waals surface area (Å²) in [6.07, 6.45) is 2.17. The second-order valence-electron chi connectivity index (χ2n) is 4.53. The van der Waals surface area contributed by atoms with Crippen molar-refractivity contribution in [3.05, 3.63) is 17.8 Å². The quantitative estimate of drug-likeness (QED) is 0.752. The Kier molecular flexibility index (Phi) is 10.0. The average Bonchev–Trinajstić information content (AvgIpc) is 2.45. The van der Waals surface area contributed by atoms with Crippen molar-refractivity contribution in [2.75, 3.05) is 17.7 Å². The summed E-state index contributed by atoms with van der Waals surface area (Å²) in [7, 11) is 0. The molecular formula is C16H29N3O2. The van der Waals surface area contributed by atoms with Crippen molar-refractivity contribution >= 4 is 17.5 Å². The third-order valence-electron chi connectivity index (χ3n) is 2.76. The number of rotatable bonds is 7. The van der Waals surface area contributed by atoms with Gasteiger partial charge in [0.2, 0.25) is 0 Å². The molecule has 0 saturated heterocycles. The van der Waals surface area contributed by atoms with E-state index in [0.717, 1.165) is 18.5 Å². The van der Waals surface area contributed by atoms with Crippen molar-refractivity contribution in [1.82, 2.24) is 4.98 Å². The highest BCUT2D eigenvalue weighted by atomic mass is 16.5. The zero-order chi connectivity index (χ0) is 16.3. The summed E-state index contributed by atoms with van der Waals surface area (Å²) in [5.41, 5.74) is 7.37. The maximum atomic E-state index is 11.6. The van der Waals surface area contributed by atoms with E-state index in [1.165, 1.54) is 0 Å². The molecule has 5 nitrogen and oxygen atoms in total. The molecule has 0 radical (unpaired) electrons. The van der Waals surface area contributed by atoms with E-state index in [-0.39, 0.29) is 12.0 Å². The van der Waals surface area contributed by atoms with Gasteiger partial charge in [0, 0.05) is 11.7 Å². The number of nitrogen functional groups attached to an aromatic ring is 1. The van der Waals surface area contributed by atoms with Crippen LogP contribution in [0.25, 0.3) is 0 Å². The Morgan fingerprint density at radius 3 is 2.62 bits per heavy atom.